The van der Waals surface area contributed by atoms with Crippen LogP contribution in [0.3, 0.4) is 0 Å². The molecule has 1 atom stereocenters. The summed E-state index contributed by atoms with van der Waals surface area (Å²) in [5, 5.41) is 0. The molecule has 0 saturated heterocycles. The van der Waals surface area contributed by atoms with E-state index in [1.165, 1.54) is 44.9 Å². The van der Waals surface area contributed by atoms with Gasteiger partial charge in [0.25, 0.3) is 0 Å². The Morgan fingerprint density at radius 3 is 1.88 bits per heavy atom. The third-order valence-electron chi connectivity index (χ3n) is 2.86. The van der Waals surface area contributed by atoms with Gasteiger partial charge in [-0.2, -0.15) is 4.21 Å². The molecule has 3 nitrogen and oxygen atoms in total. The molecule has 0 rings (SSSR count). The van der Waals surface area contributed by atoms with Crippen LogP contribution in [0, 0.1) is 5.92 Å². The van der Waals surface area contributed by atoms with Crippen LogP contribution in [0.15, 0.2) is 0 Å². The van der Waals surface area contributed by atoms with Crippen molar-refractivity contribution in [3.05, 3.63) is 0 Å². The van der Waals surface area contributed by atoms with Crippen molar-refractivity contribution in [2.45, 2.75) is 71.6 Å². The zero-order valence-electron chi connectivity index (χ0n) is 11.3. The number of hydrogen-bond acceptors (Lipinski definition) is 2. The highest BCUT2D eigenvalue weighted by molar-refractivity contribution is 7.74. The average Bonchev–Trinajstić information content (AvgIpc) is 2.25. The second kappa shape index (κ2) is 12.5. The predicted molar refractivity (Wildman–Crippen MR) is 73.1 cm³/mol. The van der Waals surface area contributed by atoms with Crippen molar-refractivity contribution in [2.24, 2.45) is 5.92 Å². The van der Waals surface area contributed by atoms with Crippen molar-refractivity contribution in [1.82, 2.24) is 0 Å². The summed E-state index contributed by atoms with van der Waals surface area (Å²) in [7, 11) is 0. The Bertz CT molecular complexity index is 184. The Kier molecular flexibility index (Phi) is 12.6. The molecular weight excluding hydrogens is 236 g/mol. The predicted octanol–water partition coefficient (Wildman–Crippen LogP) is 4.31. The maximum atomic E-state index is 10.2. The van der Waals surface area contributed by atoms with Crippen LogP contribution in [0.1, 0.15) is 71.6 Å². The molecule has 1 unspecified atom stereocenters. The summed E-state index contributed by atoms with van der Waals surface area (Å²) in [6, 6.07) is 0. The first-order valence-electron chi connectivity index (χ1n) is 6.87. The summed E-state index contributed by atoms with van der Waals surface area (Å²) in [5.74, 6) is 0.840. The first-order valence-corrected chi connectivity index (χ1v) is 7.90. The minimum absolute atomic E-state index is 0.400. The first kappa shape index (κ1) is 17.1. The molecule has 0 aromatic carbocycles. The number of unbranched alkanes of at least 4 members (excludes halogenated alkanes) is 7. The van der Waals surface area contributed by atoms with Gasteiger partial charge in [0.2, 0.25) is 0 Å². The van der Waals surface area contributed by atoms with Crippen molar-refractivity contribution >= 4 is 11.4 Å². The molecular formula is C13H28O3S. The van der Waals surface area contributed by atoms with Crippen molar-refractivity contribution in [1.29, 1.82) is 0 Å². The van der Waals surface area contributed by atoms with Gasteiger partial charge in [0, 0.05) is 0 Å². The summed E-state index contributed by atoms with van der Waals surface area (Å²) in [4.78, 5) is 0. The SMILES string of the molecule is CC(C)CCCCCCCCCCOS(=O)O. The molecule has 0 aliphatic rings. The normalized spacial score (nSPS) is 13.2. The van der Waals surface area contributed by atoms with Crippen molar-refractivity contribution in [3.8, 4) is 0 Å². The van der Waals surface area contributed by atoms with Gasteiger partial charge in [-0.15, -0.1) is 0 Å². The molecule has 0 fully saturated rings. The molecule has 0 amide bonds. The molecule has 0 bridgehead atoms. The summed E-state index contributed by atoms with van der Waals surface area (Å²) >= 11 is -2.08. The molecule has 0 saturated carbocycles. The van der Waals surface area contributed by atoms with Crippen LogP contribution in [-0.4, -0.2) is 15.4 Å². The summed E-state index contributed by atoms with van der Waals surface area (Å²) in [5.41, 5.74) is 0. The lowest BCUT2D eigenvalue weighted by atomic mass is 10.0. The van der Waals surface area contributed by atoms with Crippen molar-refractivity contribution < 1.29 is 12.9 Å². The highest BCUT2D eigenvalue weighted by Gasteiger charge is 1.96. The fraction of sp³-hybridized carbons (Fsp3) is 1.00. The smallest absolute Gasteiger partial charge is 0.284 e. The van der Waals surface area contributed by atoms with E-state index in [0.717, 1.165) is 18.8 Å². The van der Waals surface area contributed by atoms with Gasteiger partial charge in [-0.3, -0.25) is 8.74 Å². The van der Waals surface area contributed by atoms with E-state index in [1.54, 1.807) is 0 Å². The van der Waals surface area contributed by atoms with Crippen LogP contribution in [-0.2, 0) is 15.5 Å². The monoisotopic (exact) mass is 264 g/mol. The van der Waals surface area contributed by atoms with Crippen LogP contribution in [0.5, 0.6) is 0 Å². The zero-order valence-corrected chi connectivity index (χ0v) is 12.1. The van der Waals surface area contributed by atoms with E-state index in [9.17, 15) is 4.21 Å². The van der Waals surface area contributed by atoms with Gasteiger partial charge < -0.3 is 0 Å². The molecule has 0 aromatic heterocycles. The minimum Gasteiger partial charge on any atom is -0.284 e. The topological polar surface area (TPSA) is 46.5 Å². The van der Waals surface area contributed by atoms with Gasteiger partial charge in [-0.25, -0.2) is 0 Å². The van der Waals surface area contributed by atoms with Crippen molar-refractivity contribution in [2.75, 3.05) is 6.61 Å². The fourth-order valence-corrected chi connectivity index (χ4v) is 2.11. The summed E-state index contributed by atoms with van der Waals surface area (Å²) in [6.07, 6.45) is 11.3. The van der Waals surface area contributed by atoms with Gasteiger partial charge in [-0.05, 0) is 12.3 Å². The Labute approximate surface area is 109 Å². The van der Waals surface area contributed by atoms with Crippen LogP contribution in [0.25, 0.3) is 0 Å². The van der Waals surface area contributed by atoms with Gasteiger partial charge >= 0.3 is 11.4 Å². The maximum Gasteiger partial charge on any atom is 0.301 e. The molecule has 0 heterocycles. The Hall–Kier alpha value is 0.0700. The van der Waals surface area contributed by atoms with Crippen LogP contribution in [0.4, 0.5) is 0 Å². The molecule has 0 radical (unpaired) electrons. The standard InChI is InChI=1S/C13H28O3S/c1-13(2)11-9-7-5-3-4-6-8-10-12-16-17(14)15/h13H,3-12H2,1-2H3,(H,14,15). The molecule has 0 aliphatic heterocycles. The van der Waals surface area contributed by atoms with E-state index >= 15 is 0 Å². The molecule has 0 aliphatic carbocycles. The Balaban J connectivity index is 2.96. The van der Waals surface area contributed by atoms with Gasteiger partial charge in [0.15, 0.2) is 0 Å². The highest BCUT2D eigenvalue weighted by atomic mass is 32.2. The highest BCUT2D eigenvalue weighted by Crippen LogP contribution is 2.12. The zero-order chi connectivity index (χ0) is 12.9. The molecule has 4 heteroatoms. The van der Waals surface area contributed by atoms with Crippen LogP contribution in [0.2, 0.25) is 0 Å². The van der Waals surface area contributed by atoms with E-state index in [2.05, 4.69) is 18.0 Å². The second-order valence-corrected chi connectivity index (χ2v) is 5.72. The third-order valence-corrected chi connectivity index (χ3v) is 3.23. The summed E-state index contributed by atoms with van der Waals surface area (Å²) < 4.78 is 23.1. The lowest BCUT2D eigenvalue weighted by molar-refractivity contribution is 0.296. The summed E-state index contributed by atoms with van der Waals surface area (Å²) in [6.45, 7) is 4.96. The van der Waals surface area contributed by atoms with Crippen LogP contribution >= 0.6 is 0 Å². The minimum atomic E-state index is -2.08. The Morgan fingerprint density at radius 1 is 0.941 bits per heavy atom. The van der Waals surface area contributed by atoms with Gasteiger partial charge in [0.05, 0.1) is 6.61 Å². The lowest BCUT2D eigenvalue weighted by Crippen LogP contribution is -1.97. The molecule has 104 valence electrons. The lowest BCUT2D eigenvalue weighted by Gasteiger charge is -2.04. The quantitative estimate of drug-likeness (QED) is 0.422. The van der Waals surface area contributed by atoms with Gasteiger partial charge in [-0.1, -0.05) is 65.2 Å². The van der Waals surface area contributed by atoms with E-state index in [1.807, 2.05) is 0 Å². The second-order valence-electron chi connectivity index (χ2n) is 5.05. The molecule has 1 N–H and O–H groups in total. The molecule has 0 spiro atoms. The maximum absolute atomic E-state index is 10.2. The number of hydrogen-bond donors (Lipinski definition) is 1. The van der Waals surface area contributed by atoms with E-state index in [-0.39, 0.29) is 0 Å². The van der Waals surface area contributed by atoms with E-state index < -0.39 is 11.4 Å². The first-order chi connectivity index (χ1) is 8.13. The van der Waals surface area contributed by atoms with Crippen molar-refractivity contribution in [3.63, 3.8) is 0 Å². The largest absolute Gasteiger partial charge is 0.301 e. The van der Waals surface area contributed by atoms with E-state index in [4.69, 9.17) is 4.55 Å². The molecule has 17 heavy (non-hydrogen) atoms. The van der Waals surface area contributed by atoms with Gasteiger partial charge in [0.1, 0.15) is 0 Å². The number of rotatable bonds is 12. The molecule has 0 aromatic rings. The van der Waals surface area contributed by atoms with Crippen LogP contribution < -0.4 is 0 Å². The van der Waals surface area contributed by atoms with E-state index in [0.29, 0.717) is 6.61 Å². The third kappa shape index (κ3) is 16.1. The fourth-order valence-electron chi connectivity index (χ4n) is 1.85. The Morgan fingerprint density at radius 2 is 1.41 bits per heavy atom. The average molecular weight is 264 g/mol.